The molecule has 0 aliphatic heterocycles. The van der Waals surface area contributed by atoms with Crippen LogP contribution in [0.4, 0.5) is 4.79 Å². The standard InChI is InChI=1S/C19H23NO3/c21-17-15-6-14-7-16(17)10-19(8-14,9-15)12-20-18(22)23-11-13-4-2-1-3-5-13/h1-5,14-16H,6-12H2,(H,20,22)/t14?,15-,16+,19?. The van der Waals surface area contributed by atoms with Crippen molar-refractivity contribution in [3.05, 3.63) is 35.9 Å². The first-order chi connectivity index (χ1) is 11.1. The van der Waals surface area contributed by atoms with Crippen LogP contribution in [0.15, 0.2) is 30.3 Å². The Bertz CT molecular complexity index is 594. The second-order valence-corrected chi connectivity index (χ2v) is 7.66. The van der Waals surface area contributed by atoms with E-state index >= 15 is 0 Å². The predicted molar refractivity (Wildman–Crippen MR) is 85.6 cm³/mol. The molecule has 1 N–H and O–H groups in total. The van der Waals surface area contributed by atoms with Crippen molar-refractivity contribution in [2.75, 3.05) is 6.54 Å². The van der Waals surface area contributed by atoms with E-state index in [0.29, 0.717) is 24.9 Å². The number of benzene rings is 1. The molecule has 122 valence electrons. The zero-order chi connectivity index (χ0) is 15.9. The monoisotopic (exact) mass is 313 g/mol. The molecule has 4 nitrogen and oxygen atoms in total. The van der Waals surface area contributed by atoms with Crippen molar-refractivity contribution in [3.63, 3.8) is 0 Å². The van der Waals surface area contributed by atoms with Gasteiger partial charge in [-0.1, -0.05) is 30.3 Å². The molecule has 0 aromatic heterocycles. The normalized spacial score (nSPS) is 34.4. The molecule has 4 heteroatoms. The first-order valence-corrected chi connectivity index (χ1v) is 8.62. The zero-order valence-electron chi connectivity index (χ0n) is 13.3. The molecule has 4 bridgehead atoms. The Morgan fingerprint density at radius 1 is 1.13 bits per heavy atom. The highest BCUT2D eigenvalue weighted by Crippen LogP contribution is 2.58. The van der Waals surface area contributed by atoms with E-state index in [1.165, 1.54) is 0 Å². The van der Waals surface area contributed by atoms with Crippen LogP contribution in [0.1, 0.15) is 37.7 Å². The summed E-state index contributed by atoms with van der Waals surface area (Å²) in [6, 6.07) is 9.69. The maximum absolute atomic E-state index is 12.2. The number of hydrogen-bond donors (Lipinski definition) is 1. The van der Waals surface area contributed by atoms with Crippen LogP contribution in [0.2, 0.25) is 0 Å². The predicted octanol–water partition coefficient (Wildman–Crippen LogP) is 3.31. The van der Waals surface area contributed by atoms with Crippen molar-refractivity contribution in [2.45, 2.75) is 38.7 Å². The topological polar surface area (TPSA) is 55.4 Å². The van der Waals surface area contributed by atoms with Gasteiger partial charge in [-0.15, -0.1) is 0 Å². The molecular weight excluding hydrogens is 290 g/mol. The number of ketones is 1. The van der Waals surface area contributed by atoms with Gasteiger partial charge in [-0.2, -0.15) is 0 Å². The summed E-state index contributed by atoms with van der Waals surface area (Å²) in [7, 11) is 0. The zero-order valence-corrected chi connectivity index (χ0v) is 13.3. The van der Waals surface area contributed by atoms with Gasteiger partial charge >= 0.3 is 6.09 Å². The lowest BCUT2D eigenvalue weighted by atomic mass is 9.49. The molecule has 1 aromatic rings. The van der Waals surface area contributed by atoms with Crippen LogP contribution in [0, 0.1) is 23.2 Å². The van der Waals surface area contributed by atoms with E-state index in [4.69, 9.17) is 4.74 Å². The second-order valence-electron chi connectivity index (χ2n) is 7.66. The third-order valence-corrected chi connectivity index (χ3v) is 5.94. The summed E-state index contributed by atoms with van der Waals surface area (Å²) in [5, 5.41) is 2.95. The van der Waals surface area contributed by atoms with E-state index in [1.807, 2.05) is 30.3 Å². The minimum Gasteiger partial charge on any atom is -0.445 e. The minimum absolute atomic E-state index is 0.135. The SMILES string of the molecule is O=C(NCC12CC3C[C@H](C1)C(=O)[C@@H](C3)C2)OCc1ccccc1. The fraction of sp³-hybridized carbons (Fsp3) is 0.579. The van der Waals surface area contributed by atoms with Crippen molar-refractivity contribution in [1.82, 2.24) is 5.32 Å². The Morgan fingerprint density at radius 3 is 2.52 bits per heavy atom. The number of ether oxygens (including phenoxy) is 1. The Kier molecular flexibility index (Phi) is 3.63. The van der Waals surface area contributed by atoms with Gasteiger partial charge in [0.1, 0.15) is 12.4 Å². The lowest BCUT2D eigenvalue weighted by molar-refractivity contribution is -0.147. The van der Waals surface area contributed by atoms with E-state index in [9.17, 15) is 9.59 Å². The molecule has 0 saturated heterocycles. The lowest BCUT2D eigenvalue weighted by Gasteiger charge is -2.55. The summed E-state index contributed by atoms with van der Waals surface area (Å²) >= 11 is 0. The molecule has 4 aliphatic carbocycles. The molecule has 4 fully saturated rings. The van der Waals surface area contributed by atoms with Gasteiger partial charge in [-0.25, -0.2) is 4.79 Å². The molecule has 0 spiro atoms. The van der Waals surface area contributed by atoms with Gasteiger partial charge in [0, 0.05) is 18.4 Å². The third kappa shape index (κ3) is 2.87. The second kappa shape index (κ2) is 5.66. The molecule has 4 aliphatic rings. The Morgan fingerprint density at radius 2 is 1.83 bits per heavy atom. The first kappa shape index (κ1) is 14.7. The summed E-state index contributed by atoms with van der Waals surface area (Å²) in [4.78, 5) is 24.2. The van der Waals surface area contributed by atoms with E-state index in [1.54, 1.807) is 0 Å². The number of rotatable bonds is 4. The van der Waals surface area contributed by atoms with E-state index < -0.39 is 0 Å². The van der Waals surface area contributed by atoms with Gasteiger partial charge in [0.25, 0.3) is 0 Å². The number of amides is 1. The Hall–Kier alpha value is -1.84. The van der Waals surface area contributed by atoms with Gasteiger partial charge in [0.05, 0.1) is 0 Å². The molecule has 1 amide bonds. The van der Waals surface area contributed by atoms with Crippen molar-refractivity contribution in [3.8, 4) is 0 Å². The van der Waals surface area contributed by atoms with Crippen molar-refractivity contribution in [2.24, 2.45) is 23.2 Å². The highest BCUT2D eigenvalue weighted by molar-refractivity contribution is 5.85. The summed E-state index contributed by atoms with van der Waals surface area (Å²) in [5.74, 6) is 1.68. The molecule has 23 heavy (non-hydrogen) atoms. The Labute approximate surface area is 136 Å². The van der Waals surface area contributed by atoms with Crippen LogP contribution < -0.4 is 5.32 Å². The van der Waals surface area contributed by atoms with Gasteiger partial charge in [-0.05, 0) is 49.0 Å². The van der Waals surface area contributed by atoms with Gasteiger partial charge in [-0.3, -0.25) is 4.79 Å². The number of Topliss-reactive ketones (excluding diaryl/α,β-unsaturated/α-hetero) is 1. The molecule has 0 heterocycles. The van der Waals surface area contributed by atoms with Crippen LogP contribution >= 0.6 is 0 Å². The Balaban J connectivity index is 1.31. The van der Waals surface area contributed by atoms with Gasteiger partial charge in [0.15, 0.2) is 0 Å². The third-order valence-electron chi connectivity index (χ3n) is 5.94. The van der Waals surface area contributed by atoms with Crippen molar-refractivity contribution in [1.29, 1.82) is 0 Å². The average molecular weight is 313 g/mol. The molecule has 4 saturated carbocycles. The average Bonchev–Trinajstić information content (AvgIpc) is 2.56. The number of carbonyl (C=O) groups is 2. The quantitative estimate of drug-likeness (QED) is 0.928. The number of carbonyl (C=O) groups excluding carboxylic acids is 2. The van der Waals surface area contributed by atoms with Crippen LogP contribution in [0.3, 0.4) is 0 Å². The summed E-state index contributed by atoms with van der Waals surface area (Å²) in [5.41, 5.74) is 1.12. The van der Waals surface area contributed by atoms with E-state index in [0.717, 1.165) is 37.7 Å². The highest BCUT2D eigenvalue weighted by Gasteiger charge is 2.54. The fourth-order valence-electron chi connectivity index (χ4n) is 5.16. The lowest BCUT2D eigenvalue weighted by Crippen LogP contribution is -2.55. The van der Waals surface area contributed by atoms with Gasteiger partial charge < -0.3 is 10.1 Å². The number of hydrogen-bond acceptors (Lipinski definition) is 3. The highest BCUT2D eigenvalue weighted by atomic mass is 16.5. The molecule has 4 atom stereocenters. The van der Waals surface area contributed by atoms with Crippen LogP contribution in [0.5, 0.6) is 0 Å². The molecule has 0 radical (unpaired) electrons. The van der Waals surface area contributed by atoms with Crippen molar-refractivity contribution >= 4 is 11.9 Å². The van der Waals surface area contributed by atoms with Crippen LogP contribution in [0.25, 0.3) is 0 Å². The minimum atomic E-state index is -0.351. The maximum Gasteiger partial charge on any atom is 0.407 e. The van der Waals surface area contributed by atoms with Crippen LogP contribution in [-0.4, -0.2) is 18.4 Å². The first-order valence-electron chi connectivity index (χ1n) is 8.62. The van der Waals surface area contributed by atoms with Gasteiger partial charge in [0.2, 0.25) is 0 Å². The van der Waals surface area contributed by atoms with Crippen molar-refractivity contribution < 1.29 is 14.3 Å². The molecule has 2 unspecified atom stereocenters. The van der Waals surface area contributed by atoms with E-state index in [-0.39, 0.29) is 23.3 Å². The molecule has 1 aromatic carbocycles. The molecule has 5 rings (SSSR count). The molecular formula is C19H23NO3. The smallest absolute Gasteiger partial charge is 0.407 e. The van der Waals surface area contributed by atoms with E-state index in [2.05, 4.69) is 5.32 Å². The number of nitrogens with one attached hydrogen (secondary N) is 1. The fourth-order valence-corrected chi connectivity index (χ4v) is 5.16. The summed E-state index contributed by atoms with van der Waals surface area (Å²) in [6.07, 6.45) is 4.88. The van der Waals surface area contributed by atoms with Crippen LogP contribution in [-0.2, 0) is 16.1 Å². The summed E-state index contributed by atoms with van der Waals surface area (Å²) < 4.78 is 5.30. The largest absolute Gasteiger partial charge is 0.445 e. The summed E-state index contributed by atoms with van der Waals surface area (Å²) in [6.45, 7) is 0.948. The number of alkyl carbamates (subject to hydrolysis) is 1. The maximum atomic E-state index is 12.2.